The largest absolute Gasteiger partial charge is 0.493 e. The van der Waals surface area contributed by atoms with E-state index in [1.165, 1.54) is 17.7 Å². The third-order valence-corrected chi connectivity index (χ3v) is 5.22. The highest BCUT2D eigenvalue weighted by Gasteiger charge is 2.21. The van der Waals surface area contributed by atoms with Crippen molar-refractivity contribution < 1.29 is 9.53 Å². The van der Waals surface area contributed by atoms with Crippen LogP contribution in [0.25, 0.3) is 0 Å². The monoisotopic (exact) mass is 306 g/mol. The van der Waals surface area contributed by atoms with Crippen LogP contribution >= 0.6 is 11.8 Å². The standard InChI is InChI=1S/C16H22N2O2S/c19-16(18-14-5-3-7-21-11-14)17-9-12-8-13-4-1-2-6-15(13)20-10-12/h1-2,4,6,12,14H,3,5,7-11H2,(H2,17,18,19). The van der Waals surface area contributed by atoms with Crippen molar-refractivity contribution in [2.45, 2.75) is 25.3 Å². The molecule has 3 rings (SSSR count). The van der Waals surface area contributed by atoms with Crippen LogP contribution < -0.4 is 15.4 Å². The number of para-hydroxylation sites is 1. The maximum Gasteiger partial charge on any atom is 0.315 e. The van der Waals surface area contributed by atoms with Gasteiger partial charge in [0.25, 0.3) is 0 Å². The van der Waals surface area contributed by atoms with E-state index in [0.717, 1.165) is 24.3 Å². The van der Waals surface area contributed by atoms with Crippen molar-refractivity contribution >= 4 is 17.8 Å². The van der Waals surface area contributed by atoms with Crippen molar-refractivity contribution in [1.82, 2.24) is 10.6 Å². The number of hydrogen-bond acceptors (Lipinski definition) is 3. The Morgan fingerprint density at radius 3 is 3.14 bits per heavy atom. The fourth-order valence-electron chi connectivity index (χ4n) is 2.85. The summed E-state index contributed by atoms with van der Waals surface area (Å²) in [4.78, 5) is 11.9. The molecule has 2 atom stereocenters. The van der Waals surface area contributed by atoms with Gasteiger partial charge in [-0.2, -0.15) is 11.8 Å². The quantitative estimate of drug-likeness (QED) is 0.902. The van der Waals surface area contributed by atoms with Crippen molar-refractivity contribution in [3.05, 3.63) is 29.8 Å². The lowest BCUT2D eigenvalue weighted by Gasteiger charge is -2.26. The van der Waals surface area contributed by atoms with E-state index in [2.05, 4.69) is 16.7 Å². The number of urea groups is 1. The molecule has 2 unspecified atom stereocenters. The van der Waals surface area contributed by atoms with Crippen molar-refractivity contribution in [2.24, 2.45) is 5.92 Å². The second-order valence-corrected chi connectivity index (χ2v) is 6.91. The number of benzene rings is 1. The highest BCUT2D eigenvalue weighted by atomic mass is 32.2. The highest BCUT2D eigenvalue weighted by molar-refractivity contribution is 7.99. The minimum absolute atomic E-state index is 0.0404. The van der Waals surface area contributed by atoms with Gasteiger partial charge in [0.05, 0.1) is 6.61 Å². The molecular weight excluding hydrogens is 284 g/mol. The topological polar surface area (TPSA) is 50.4 Å². The molecular formula is C16H22N2O2S. The molecule has 114 valence electrons. The summed E-state index contributed by atoms with van der Waals surface area (Å²) >= 11 is 1.92. The fourth-order valence-corrected chi connectivity index (χ4v) is 3.92. The molecule has 2 aliphatic heterocycles. The van der Waals surface area contributed by atoms with Gasteiger partial charge in [-0.3, -0.25) is 0 Å². The number of ether oxygens (including phenoxy) is 1. The second-order valence-electron chi connectivity index (χ2n) is 5.76. The van der Waals surface area contributed by atoms with Crippen LogP contribution in [-0.2, 0) is 6.42 Å². The summed E-state index contributed by atoms with van der Waals surface area (Å²) in [7, 11) is 0. The Hall–Kier alpha value is -1.36. The summed E-state index contributed by atoms with van der Waals surface area (Å²) in [6, 6.07) is 8.42. The SMILES string of the molecule is O=C(NCC1COc2ccccc2C1)NC1CCCSC1. The van der Waals surface area contributed by atoms with E-state index >= 15 is 0 Å². The van der Waals surface area contributed by atoms with Gasteiger partial charge in [-0.15, -0.1) is 0 Å². The van der Waals surface area contributed by atoms with E-state index in [1.54, 1.807) is 0 Å². The maximum atomic E-state index is 11.9. The molecule has 21 heavy (non-hydrogen) atoms. The predicted octanol–water partition coefficient (Wildman–Crippen LogP) is 2.43. The molecule has 0 spiro atoms. The number of amides is 2. The summed E-state index contributed by atoms with van der Waals surface area (Å²) in [5.74, 6) is 3.59. The Morgan fingerprint density at radius 1 is 1.38 bits per heavy atom. The smallest absolute Gasteiger partial charge is 0.315 e. The van der Waals surface area contributed by atoms with Gasteiger partial charge in [0.1, 0.15) is 5.75 Å². The third kappa shape index (κ3) is 4.06. The van der Waals surface area contributed by atoms with Gasteiger partial charge in [-0.25, -0.2) is 4.79 Å². The maximum absolute atomic E-state index is 11.9. The summed E-state index contributed by atoms with van der Waals surface area (Å²) in [6.07, 6.45) is 3.26. The van der Waals surface area contributed by atoms with Crippen molar-refractivity contribution in [2.75, 3.05) is 24.7 Å². The second kappa shape index (κ2) is 7.07. The number of carbonyl (C=O) groups is 1. The summed E-state index contributed by atoms with van der Waals surface area (Å²) in [5, 5.41) is 6.06. The average molecular weight is 306 g/mol. The Morgan fingerprint density at radius 2 is 2.29 bits per heavy atom. The lowest BCUT2D eigenvalue weighted by atomic mass is 9.97. The first kappa shape index (κ1) is 14.6. The lowest BCUT2D eigenvalue weighted by molar-refractivity contribution is 0.210. The molecule has 1 saturated heterocycles. The van der Waals surface area contributed by atoms with Gasteiger partial charge in [-0.1, -0.05) is 18.2 Å². The molecule has 0 aliphatic carbocycles. The van der Waals surface area contributed by atoms with E-state index < -0.39 is 0 Å². The van der Waals surface area contributed by atoms with E-state index in [-0.39, 0.29) is 6.03 Å². The predicted molar refractivity (Wildman–Crippen MR) is 86.0 cm³/mol. The molecule has 0 saturated carbocycles. The molecule has 0 bridgehead atoms. The molecule has 2 amide bonds. The lowest BCUT2D eigenvalue weighted by Crippen LogP contribution is -2.46. The zero-order valence-corrected chi connectivity index (χ0v) is 13.0. The van der Waals surface area contributed by atoms with Gasteiger partial charge in [0.2, 0.25) is 0 Å². The minimum Gasteiger partial charge on any atom is -0.493 e. The van der Waals surface area contributed by atoms with E-state index in [4.69, 9.17) is 4.74 Å². The first-order valence-corrected chi connectivity index (χ1v) is 8.79. The Kier molecular flexibility index (Phi) is 4.91. The van der Waals surface area contributed by atoms with Gasteiger partial charge >= 0.3 is 6.03 Å². The molecule has 4 nitrogen and oxygen atoms in total. The van der Waals surface area contributed by atoms with E-state index in [0.29, 0.717) is 25.1 Å². The summed E-state index contributed by atoms with van der Waals surface area (Å²) < 4.78 is 5.74. The van der Waals surface area contributed by atoms with Gasteiger partial charge in [-0.05, 0) is 36.6 Å². The molecule has 2 aliphatic rings. The number of thioether (sulfide) groups is 1. The molecule has 5 heteroatoms. The third-order valence-electron chi connectivity index (χ3n) is 4.00. The first-order valence-electron chi connectivity index (χ1n) is 7.64. The van der Waals surface area contributed by atoms with Crippen molar-refractivity contribution in [3.8, 4) is 5.75 Å². The van der Waals surface area contributed by atoms with Crippen LogP contribution in [0.1, 0.15) is 18.4 Å². The van der Waals surface area contributed by atoms with Gasteiger partial charge in [0, 0.05) is 24.3 Å². The van der Waals surface area contributed by atoms with Gasteiger partial charge in [0.15, 0.2) is 0 Å². The molecule has 0 radical (unpaired) electrons. The van der Waals surface area contributed by atoms with Gasteiger partial charge < -0.3 is 15.4 Å². The zero-order valence-electron chi connectivity index (χ0n) is 12.1. The molecule has 2 N–H and O–H groups in total. The summed E-state index contributed by atoms with van der Waals surface area (Å²) in [5.41, 5.74) is 1.24. The van der Waals surface area contributed by atoms with Crippen LogP contribution in [0.15, 0.2) is 24.3 Å². The molecule has 1 aromatic rings. The zero-order chi connectivity index (χ0) is 14.5. The Labute approximate surface area is 130 Å². The van der Waals surface area contributed by atoms with Crippen LogP contribution in [0.5, 0.6) is 5.75 Å². The van der Waals surface area contributed by atoms with Crippen LogP contribution in [0.2, 0.25) is 0 Å². The number of hydrogen-bond donors (Lipinski definition) is 2. The Balaban J connectivity index is 1.42. The molecule has 2 heterocycles. The van der Waals surface area contributed by atoms with Crippen LogP contribution in [0.4, 0.5) is 4.79 Å². The van der Waals surface area contributed by atoms with Crippen molar-refractivity contribution in [1.29, 1.82) is 0 Å². The average Bonchev–Trinajstić information content (AvgIpc) is 2.54. The molecule has 0 aromatic heterocycles. The number of carbonyl (C=O) groups excluding carboxylic acids is 1. The molecule has 1 aromatic carbocycles. The normalized spacial score (nSPS) is 24.6. The van der Waals surface area contributed by atoms with Crippen LogP contribution in [0.3, 0.4) is 0 Å². The van der Waals surface area contributed by atoms with E-state index in [1.807, 2.05) is 30.0 Å². The van der Waals surface area contributed by atoms with E-state index in [9.17, 15) is 4.79 Å². The number of nitrogens with one attached hydrogen (secondary N) is 2. The van der Waals surface area contributed by atoms with Crippen molar-refractivity contribution in [3.63, 3.8) is 0 Å². The minimum atomic E-state index is -0.0404. The fraction of sp³-hybridized carbons (Fsp3) is 0.562. The number of fused-ring (bicyclic) bond motifs is 1. The van der Waals surface area contributed by atoms with Crippen LogP contribution in [-0.4, -0.2) is 36.7 Å². The number of rotatable bonds is 3. The summed E-state index contributed by atoms with van der Waals surface area (Å²) in [6.45, 7) is 1.34. The first-order chi connectivity index (χ1) is 10.3. The molecule has 1 fully saturated rings. The Bertz CT molecular complexity index is 489. The highest BCUT2D eigenvalue weighted by Crippen LogP contribution is 2.26. The van der Waals surface area contributed by atoms with Crippen LogP contribution in [0, 0.1) is 5.92 Å².